The number of carbonyl (C=O) groups excluding carboxylic acids is 1. The third-order valence-corrected chi connectivity index (χ3v) is 4.21. The van der Waals surface area contributed by atoms with E-state index in [4.69, 9.17) is 4.74 Å². The predicted octanol–water partition coefficient (Wildman–Crippen LogP) is 3.62. The third kappa shape index (κ3) is 5.52. The van der Waals surface area contributed by atoms with Crippen LogP contribution in [-0.2, 0) is 9.53 Å². The van der Waals surface area contributed by atoms with Gasteiger partial charge in [0.2, 0.25) is 0 Å². The average molecular weight is 269 g/mol. The lowest BCUT2D eigenvalue weighted by molar-refractivity contribution is -0.151. The molecule has 1 aliphatic heterocycles. The second kappa shape index (κ2) is 9.35. The van der Waals surface area contributed by atoms with Gasteiger partial charge in [-0.15, -0.1) is 0 Å². The van der Waals surface area contributed by atoms with Crippen LogP contribution in [0.25, 0.3) is 0 Å². The first-order valence-electron chi connectivity index (χ1n) is 8.13. The summed E-state index contributed by atoms with van der Waals surface area (Å²) >= 11 is 0. The molecule has 0 bridgehead atoms. The summed E-state index contributed by atoms with van der Waals surface area (Å²) < 4.78 is 5.23. The molecule has 3 nitrogen and oxygen atoms in total. The van der Waals surface area contributed by atoms with Crippen molar-refractivity contribution < 1.29 is 9.53 Å². The maximum Gasteiger partial charge on any atom is 0.323 e. The molecule has 0 aromatic carbocycles. The number of carbonyl (C=O) groups is 1. The van der Waals surface area contributed by atoms with Crippen LogP contribution in [0, 0.1) is 5.92 Å². The highest BCUT2D eigenvalue weighted by molar-refractivity contribution is 5.75. The standard InChI is InChI=1S/C16H31NO2/c1-4-7-10-14(5-2)13-17-12-9-8-11-15(17)16(18)19-6-3/h14-15H,4-13H2,1-3H3. The summed E-state index contributed by atoms with van der Waals surface area (Å²) in [6.45, 7) is 9.03. The monoisotopic (exact) mass is 269 g/mol. The van der Waals surface area contributed by atoms with E-state index in [9.17, 15) is 4.79 Å². The van der Waals surface area contributed by atoms with Crippen molar-refractivity contribution in [3.05, 3.63) is 0 Å². The molecule has 0 spiro atoms. The number of likely N-dealkylation sites (tertiary alicyclic amines) is 1. The lowest BCUT2D eigenvalue weighted by Crippen LogP contribution is -2.47. The van der Waals surface area contributed by atoms with E-state index in [0.29, 0.717) is 6.61 Å². The molecule has 0 N–H and O–H groups in total. The normalized spacial score (nSPS) is 22.2. The minimum Gasteiger partial charge on any atom is -0.465 e. The zero-order valence-electron chi connectivity index (χ0n) is 13.0. The Morgan fingerprint density at radius 2 is 2.11 bits per heavy atom. The van der Waals surface area contributed by atoms with Gasteiger partial charge < -0.3 is 4.74 Å². The molecule has 112 valence electrons. The fraction of sp³-hybridized carbons (Fsp3) is 0.938. The van der Waals surface area contributed by atoms with E-state index in [1.165, 1.54) is 32.1 Å². The highest BCUT2D eigenvalue weighted by atomic mass is 16.5. The predicted molar refractivity (Wildman–Crippen MR) is 79.2 cm³/mol. The number of nitrogens with zero attached hydrogens (tertiary/aromatic N) is 1. The summed E-state index contributed by atoms with van der Waals surface area (Å²) in [7, 11) is 0. The van der Waals surface area contributed by atoms with Gasteiger partial charge in [0.25, 0.3) is 0 Å². The van der Waals surface area contributed by atoms with E-state index in [1.807, 2.05) is 6.92 Å². The Labute approximate surface area is 118 Å². The molecule has 1 saturated heterocycles. The van der Waals surface area contributed by atoms with Crippen molar-refractivity contribution in [3.8, 4) is 0 Å². The number of unbranched alkanes of at least 4 members (excludes halogenated alkanes) is 1. The minimum atomic E-state index is -0.00690. The van der Waals surface area contributed by atoms with Crippen molar-refractivity contribution in [2.75, 3.05) is 19.7 Å². The smallest absolute Gasteiger partial charge is 0.323 e. The van der Waals surface area contributed by atoms with Gasteiger partial charge in [0.05, 0.1) is 6.61 Å². The largest absolute Gasteiger partial charge is 0.465 e. The van der Waals surface area contributed by atoms with Gasteiger partial charge in [-0.1, -0.05) is 39.5 Å². The Morgan fingerprint density at radius 3 is 2.74 bits per heavy atom. The number of hydrogen-bond donors (Lipinski definition) is 0. The van der Waals surface area contributed by atoms with E-state index >= 15 is 0 Å². The Balaban J connectivity index is 2.52. The fourth-order valence-corrected chi connectivity index (χ4v) is 2.96. The average Bonchev–Trinajstić information content (AvgIpc) is 2.44. The molecule has 3 heteroatoms. The summed E-state index contributed by atoms with van der Waals surface area (Å²) in [6, 6.07) is 0.0179. The first-order valence-corrected chi connectivity index (χ1v) is 8.13. The molecular formula is C16H31NO2. The van der Waals surface area contributed by atoms with Gasteiger partial charge >= 0.3 is 5.97 Å². The molecule has 1 rings (SSSR count). The maximum atomic E-state index is 12.0. The minimum absolute atomic E-state index is 0.00690. The van der Waals surface area contributed by atoms with Crippen LogP contribution in [-0.4, -0.2) is 36.6 Å². The molecule has 1 fully saturated rings. The molecular weight excluding hydrogens is 238 g/mol. The molecule has 0 aliphatic carbocycles. The zero-order chi connectivity index (χ0) is 14.1. The fourth-order valence-electron chi connectivity index (χ4n) is 2.96. The van der Waals surface area contributed by atoms with Crippen LogP contribution in [0.4, 0.5) is 0 Å². The summed E-state index contributed by atoms with van der Waals surface area (Å²) in [4.78, 5) is 14.4. The molecule has 2 atom stereocenters. The molecule has 1 heterocycles. The molecule has 0 aromatic heterocycles. The van der Waals surface area contributed by atoms with Gasteiger partial charge in [-0.25, -0.2) is 0 Å². The highest BCUT2D eigenvalue weighted by Gasteiger charge is 2.30. The highest BCUT2D eigenvalue weighted by Crippen LogP contribution is 2.22. The number of hydrogen-bond acceptors (Lipinski definition) is 3. The summed E-state index contributed by atoms with van der Waals surface area (Å²) in [5, 5.41) is 0. The molecule has 19 heavy (non-hydrogen) atoms. The van der Waals surface area contributed by atoms with E-state index in [-0.39, 0.29) is 12.0 Å². The van der Waals surface area contributed by atoms with Crippen LogP contribution >= 0.6 is 0 Å². The van der Waals surface area contributed by atoms with Crippen LogP contribution < -0.4 is 0 Å². The van der Waals surface area contributed by atoms with Gasteiger partial charge in [0, 0.05) is 6.54 Å². The second-order valence-corrected chi connectivity index (χ2v) is 5.68. The maximum absolute atomic E-state index is 12.0. The Hall–Kier alpha value is -0.570. The lowest BCUT2D eigenvalue weighted by Gasteiger charge is -2.36. The molecule has 0 amide bonds. The Morgan fingerprint density at radius 1 is 1.32 bits per heavy atom. The van der Waals surface area contributed by atoms with Gasteiger partial charge in [0.15, 0.2) is 0 Å². The van der Waals surface area contributed by atoms with Crippen molar-refractivity contribution in [2.45, 2.75) is 71.8 Å². The topological polar surface area (TPSA) is 29.5 Å². The number of piperidine rings is 1. The third-order valence-electron chi connectivity index (χ3n) is 4.21. The van der Waals surface area contributed by atoms with Crippen molar-refractivity contribution >= 4 is 5.97 Å². The Bertz CT molecular complexity index is 255. The first kappa shape index (κ1) is 16.5. The SMILES string of the molecule is CCCCC(CC)CN1CCCCC1C(=O)OCC. The van der Waals surface area contributed by atoms with E-state index in [1.54, 1.807) is 0 Å². The quantitative estimate of drug-likeness (QED) is 0.630. The second-order valence-electron chi connectivity index (χ2n) is 5.68. The van der Waals surface area contributed by atoms with E-state index in [0.717, 1.165) is 31.8 Å². The van der Waals surface area contributed by atoms with Gasteiger partial charge in [-0.05, 0) is 38.6 Å². The van der Waals surface area contributed by atoms with Crippen LogP contribution in [0.3, 0.4) is 0 Å². The number of esters is 1. The molecule has 2 unspecified atom stereocenters. The number of ether oxygens (including phenoxy) is 1. The van der Waals surface area contributed by atoms with Crippen LogP contribution in [0.5, 0.6) is 0 Å². The van der Waals surface area contributed by atoms with Crippen LogP contribution in [0.1, 0.15) is 65.7 Å². The molecule has 0 aromatic rings. The summed E-state index contributed by atoms with van der Waals surface area (Å²) in [6.07, 6.45) is 8.42. The van der Waals surface area contributed by atoms with Crippen molar-refractivity contribution in [1.82, 2.24) is 4.90 Å². The van der Waals surface area contributed by atoms with Crippen molar-refractivity contribution in [2.24, 2.45) is 5.92 Å². The summed E-state index contributed by atoms with van der Waals surface area (Å²) in [5.41, 5.74) is 0. The van der Waals surface area contributed by atoms with Crippen molar-refractivity contribution in [1.29, 1.82) is 0 Å². The number of rotatable bonds is 8. The van der Waals surface area contributed by atoms with Gasteiger partial charge in [-0.3, -0.25) is 9.69 Å². The van der Waals surface area contributed by atoms with Gasteiger partial charge in [0.1, 0.15) is 6.04 Å². The van der Waals surface area contributed by atoms with Crippen LogP contribution in [0.2, 0.25) is 0 Å². The zero-order valence-corrected chi connectivity index (χ0v) is 13.0. The van der Waals surface area contributed by atoms with Gasteiger partial charge in [-0.2, -0.15) is 0 Å². The molecule has 0 radical (unpaired) electrons. The molecule has 0 saturated carbocycles. The van der Waals surface area contributed by atoms with E-state index < -0.39 is 0 Å². The summed E-state index contributed by atoms with van der Waals surface area (Å²) in [5.74, 6) is 0.725. The molecule has 1 aliphatic rings. The van der Waals surface area contributed by atoms with Crippen molar-refractivity contribution in [3.63, 3.8) is 0 Å². The Kier molecular flexibility index (Phi) is 8.11. The van der Waals surface area contributed by atoms with E-state index in [2.05, 4.69) is 18.7 Å². The first-order chi connectivity index (χ1) is 9.22. The lowest BCUT2D eigenvalue weighted by atomic mass is 9.95. The van der Waals surface area contributed by atoms with Crippen LogP contribution in [0.15, 0.2) is 0 Å².